The zero-order valence-electron chi connectivity index (χ0n) is 28.2. The maximum absolute atomic E-state index is 6.64. The Balaban J connectivity index is 1.11. The first-order valence-electron chi connectivity index (χ1n) is 18.1. The standard InChI is InChI=1S/C51H30O/c1-2-11-31(12-3-1)33-23-27-47-42(29-33)40-18-10-17-39-35(25-28-48(52-47)50(39)40)34-21-24-38-37-15-6-8-19-43(37)51(46(38)30-34)44-20-9-7-16-41(44)49-36-14-5-4-13-32(36)22-26-45(49)51/h1-30H. The van der Waals surface area contributed by atoms with Gasteiger partial charge in [0.2, 0.25) is 0 Å². The Morgan fingerprint density at radius 2 is 1.00 bits per heavy atom. The predicted molar refractivity (Wildman–Crippen MR) is 214 cm³/mol. The number of ether oxygens (including phenoxy) is 1. The highest BCUT2D eigenvalue weighted by Crippen LogP contribution is 2.64. The zero-order valence-corrected chi connectivity index (χ0v) is 28.2. The fraction of sp³-hybridized carbons (Fsp3) is 0.0196. The minimum Gasteiger partial charge on any atom is -0.456 e. The molecule has 1 atom stereocenters. The van der Waals surface area contributed by atoms with Crippen LogP contribution in [0.2, 0.25) is 0 Å². The van der Waals surface area contributed by atoms with Crippen LogP contribution in [0.5, 0.6) is 11.5 Å². The summed E-state index contributed by atoms with van der Waals surface area (Å²) in [5.41, 5.74) is 17.5. The highest BCUT2D eigenvalue weighted by molar-refractivity contribution is 6.11. The molecule has 1 spiro atoms. The molecule has 0 amide bonds. The van der Waals surface area contributed by atoms with Crippen molar-refractivity contribution in [3.63, 3.8) is 0 Å². The quantitative estimate of drug-likeness (QED) is 0.180. The topological polar surface area (TPSA) is 9.23 Å². The highest BCUT2D eigenvalue weighted by atomic mass is 16.5. The molecular weight excluding hydrogens is 629 g/mol. The van der Waals surface area contributed by atoms with Crippen molar-refractivity contribution in [3.8, 4) is 67.1 Å². The summed E-state index contributed by atoms with van der Waals surface area (Å²) in [5.74, 6) is 1.81. The summed E-state index contributed by atoms with van der Waals surface area (Å²) in [7, 11) is 0. The lowest BCUT2D eigenvalue weighted by Crippen LogP contribution is -2.25. The van der Waals surface area contributed by atoms with E-state index in [-0.39, 0.29) is 0 Å². The van der Waals surface area contributed by atoms with Crippen molar-refractivity contribution < 1.29 is 4.74 Å². The van der Waals surface area contributed by atoms with E-state index in [1.165, 1.54) is 93.9 Å². The maximum atomic E-state index is 6.64. The van der Waals surface area contributed by atoms with Gasteiger partial charge in [-0.3, -0.25) is 0 Å². The van der Waals surface area contributed by atoms with Crippen molar-refractivity contribution in [3.05, 3.63) is 204 Å². The molecule has 0 aromatic heterocycles. The molecule has 1 aliphatic heterocycles. The number of fused-ring (bicyclic) bond motifs is 14. The summed E-state index contributed by atoms with van der Waals surface area (Å²) in [6.45, 7) is 0. The first-order chi connectivity index (χ1) is 25.8. The van der Waals surface area contributed by atoms with Gasteiger partial charge < -0.3 is 4.74 Å². The Kier molecular flexibility index (Phi) is 5.49. The smallest absolute Gasteiger partial charge is 0.135 e. The minimum absolute atomic E-state index is 0.417. The second-order valence-corrected chi connectivity index (χ2v) is 14.3. The predicted octanol–water partition coefficient (Wildman–Crippen LogP) is 13.4. The van der Waals surface area contributed by atoms with Crippen LogP contribution < -0.4 is 4.74 Å². The fourth-order valence-corrected chi connectivity index (χ4v) is 9.77. The van der Waals surface area contributed by atoms with Gasteiger partial charge in [0.25, 0.3) is 0 Å². The van der Waals surface area contributed by atoms with Gasteiger partial charge in [0.05, 0.1) is 5.41 Å². The second-order valence-electron chi connectivity index (χ2n) is 14.3. The van der Waals surface area contributed by atoms with E-state index < -0.39 is 5.41 Å². The average molecular weight is 659 g/mol. The van der Waals surface area contributed by atoms with Crippen molar-refractivity contribution in [2.45, 2.75) is 5.41 Å². The Bertz CT molecular complexity index is 2990. The molecule has 0 radical (unpaired) electrons. The molecule has 1 nitrogen and oxygen atoms in total. The monoisotopic (exact) mass is 658 g/mol. The van der Waals surface area contributed by atoms with Crippen molar-refractivity contribution >= 4 is 21.5 Å². The van der Waals surface area contributed by atoms with Gasteiger partial charge in [-0.2, -0.15) is 0 Å². The van der Waals surface area contributed by atoms with Crippen LogP contribution in [0.25, 0.3) is 77.2 Å². The van der Waals surface area contributed by atoms with Crippen molar-refractivity contribution in [2.24, 2.45) is 0 Å². The third-order valence-corrected chi connectivity index (χ3v) is 11.9. The van der Waals surface area contributed by atoms with Gasteiger partial charge in [0.15, 0.2) is 0 Å². The van der Waals surface area contributed by atoms with Gasteiger partial charge in [0.1, 0.15) is 11.5 Å². The number of hydrogen-bond donors (Lipinski definition) is 0. The van der Waals surface area contributed by atoms with Crippen molar-refractivity contribution in [2.75, 3.05) is 0 Å². The van der Waals surface area contributed by atoms with Gasteiger partial charge >= 0.3 is 0 Å². The minimum atomic E-state index is -0.417. The second kappa shape index (κ2) is 10.2. The van der Waals surface area contributed by atoms with Gasteiger partial charge in [-0.05, 0) is 113 Å². The molecular formula is C51H30O. The van der Waals surface area contributed by atoms with Crippen LogP contribution in [-0.2, 0) is 5.41 Å². The summed E-state index contributed by atoms with van der Waals surface area (Å²) in [4.78, 5) is 0. The molecule has 3 aliphatic rings. The molecule has 12 rings (SSSR count). The Hall–Kier alpha value is -6.70. The zero-order chi connectivity index (χ0) is 34.0. The summed E-state index contributed by atoms with van der Waals surface area (Å²) < 4.78 is 6.64. The van der Waals surface area contributed by atoms with Crippen LogP contribution in [0.15, 0.2) is 182 Å². The molecule has 1 heteroatoms. The number of benzene rings is 9. The normalized spacial score (nSPS) is 15.5. The van der Waals surface area contributed by atoms with E-state index >= 15 is 0 Å². The lowest BCUT2D eigenvalue weighted by atomic mass is 9.70. The van der Waals surface area contributed by atoms with Gasteiger partial charge in [-0.25, -0.2) is 0 Å². The molecule has 2 aliphatic carbocycles. The lowest BCUT2D eigenvalue weighted by Gasteiger charge is -2.31. The molecule has 0 saturated heterocycles. The number of rotatable bonds is 2. The Morgan fingerprint density at radius 3 is 1.90 bits per heavy atom. The summed E-state index contributed by atoms with van der Waals surface area (Å²) in [6, 6.07) is 67.2. The molecule has 0 bridgehead atoms. The molecule has 1 unspecified atom stereocenters. The van der Waals surface area contributed by atoms with Crippen LogP contribution in [0, 0.1) is 0 Å². The van der Waals surface area contributed by atoms with E-state index in [4.69, 9.17) is 4.74 Å². The molecule has 1 heterocycles. The molecule has 0 N–H and O–H groups in total. The van der Waals surface area contributed by atoms with E-state index in [1.807, 2.05) is 0 Å². The van der Waals surface area contributed by atoms with Gasteiger partial charge in [-0.15, -0.1) is 0 Å². The number of hydrogen-bond acceptors (Lipinski definition) is 1. The highest BCUT2D eigenvalue weighted by Gasteiger charge is 2.52. The van der Waals surface area contributed by atoms with Gasteiger partial charge in [0, 0.05) is 10.9 Å². The van der Waals surface area contributed by atoms with E-state index in [2.05, 4.69) is 182 Å². The lowest BCUT2D eigenvalue weighted by molar-refractivity contribution is 0.487. The van der Waals surface area contributed by atoms with Crippen molar-refractivity contribution in [1.29, 1.82) is 0 Å². The van der Waals surface area contributed by atoms with Crippen LogP contribution >= 0.6 is 0 Å². The molecule has 52 heavy (non-hydrogen) atoms. The fourth-order valence-electron chi connectivity index (χ4n) is 9.77. The van der Waals surface area contributed by atoms with E-state index in [9.17, 15) is 0 Å². The third kappa shape index (κ3) is 3.52. The largest absolute Gasteiger partial charge is 0.456 e. The molecule has 0 saturated carbocycles. The summed E-state index contributed by atoms with van der Waals surface area (Å²) in [5, 5.41) is 4.95. The Labute approximate surface area is 302 Å². The third-order valence-electron chi connectivity index (χ3n) is 11.9. The first kappa shape index (κ1) is 28.0. The van der Waals surface area contributed by atoms with E-state index in [0.717, 1.165) is 17.1 Å². The SMILES string of the molecule is c1ccc(-c2ccc3c(c2)-c2cccc4c(-c5ccc6c(c5)C5(c7ccccc7-6)c6ccccc6-c6c5ccc5ccccc65)ccc(c24)O3)cc1. The summed E-state index contributed by atoms with van der Waals surface area (Å²) in [6.07, 6.45) is 0. The molecule has 9 aromatic carbocycles. The summed E-state index contributed by atoms with van der Waals surface area (Å²) >= 11 is 0. The van der Waals surface area contributed by atoms with Crippen LogP contribution in [0.3, 0.4) is 0 Å². The Morgan fingerprint density at radius 1 is 0.327 bits per heavy atom. The molecule has 9 aromatic rings. The molecule has 240 valence electrons. The van der Waals surface area contributed by atoms with Crippen LogP contribution in [0.1, 0.15) is 22.3 Å². The maximum Gasteiger partial charge on any atom is 0.135 e. The molecule has 0 fully saturated rings. The van der Waals surface area contributed by atoms with E-state index in [0.29, 0.717) is 0 Å². The van der Waals surface area contributed by atoms with Crippen LogP contribution in [-0.4, -0.2) is 0 Å². The first-order valence-corrected chi connectivity index (χ1v) is 18.1. The van der Waals surface area contributed by atoms with Gasteiger partial charge in [-0.1, -0.05) is 158 Å². The van der Waals surface area contributed by atoms with Crippen LogP contribution in [0.4, 0.5) is 0 Å². The van der Waals surface area contributed by atoms with E-state index in [1.54, 1.807) is 0 Å². The van der Waals surface area contributed by atoms with Crippen molar-refractivity contribution in [1.82, 2.24) is 0 Å². The average Bonchev–Trinajstić information content (AvgIpc) is 3.68.